The summed E-state index contributed by atoms with van der Waals surface area (Å²) >= 11 is 15.9. The molecule has 0 amide bonds. The van der Waals surface area contributed by atoms with Crippen LogP contribution in [-0.2, 0) is 10.1 Å². The van der Waals surface area contributed by atoms with Crippen molar-refractivity contribution >= 4 is 82.2 Å². The first-order chi connectivity index (χ1) is 22.8. The van der Waals surface area contributed by atoms with E-state index in [0.717, 1.165) is 30.7 Å². The van der Waals surface area contributed by atoms with E-state index < -0.39 is 8.07 Å². The van der Waals surface area contributed by atoms with E-state index in [4.69, 9.17) is 0 Å². The maximum Gasteiger partial charge on any atom is 0.147 e. The molecule has 0 aliphatic heterocycles. The van der Waals surface area contributed by atoms with E-state index >= 15 is 0 Å². The number of fused-ring (bicyclic) bond motifs is 6. The van der Waals surface area contributed by atoms with Crippen molar-refractivity contribution in [1.29, 1.82) is 0 Å². The zero-order valence-electron chi connectivity index (χ0n) is 26.1. The fourth-order valence-corrected chi connectivity index (χ4v) is 19.1. The molecule has 6 aromatic carbocycles. The van der Waals surface area contributed by atoms with E-state index in [-0.39, 0.29) is 10.1 Å². The SMILES string of the molecule is CCC1([Si](c2ccccc2)(c2ccccc2)C2(CC)c3cc(Br)ccc3-c3ccc(Br)cc32)c2cc(Br)ccc2-c2ccc(Br)cc21. The lowest BCUT2D eigenvalue weighted by atomic mass is 9.90. The fourth-order valence-electron chi connectivity index (χ4n) is 9.70. The third-order valence-electron chi connectivity index (χ3n) is 11.1. The normalized spacial score (nSPS) is 15.1. The summed E-state index contributed by atoms with van der Waals surface area (Å²) in [6.07, 6.45) is 1.90. The molecule has 0 saturated carbocycles. The van der Waals surface area contributed by atoms with Crippen LogP contribution in [0, 0.1) is 0 Å². The van der Waals surface area contributed by atoms with Crippen LogP contribution in [0.1, 0.15) is 48.9 Å². The number of halogens is 4. The molecule has 0 spiro atoms. The smallest absolute Gasteiger partial charge is 0.0645 e. The van der Waals surface area contributed by atoms with Crippen molar-refractivity contribution < 1.29 is 0 Å². The van der Waals surface area contributed by atoms with Crippen LogP contribution in [-0.4, -0.2) is 8.07 Å². The van der Waals surface area contributed by atoms with Crippen LogP contribution in [0.3, 0.4) is 0 Å². The van der Waals surface area contributed by atoms with Gasteiger partial charge in [-0.25, -0.2) is 0 Å². The monoisotopic (exact) mass is 880 g/mol. The van der Waals surface area contributed by atoms with Crippen LogP contribution in [0.25, 0.3) is 22.3 Å². The Balaban J connectivity index is 1.71. The highest BCUT2D eigenvalue weighted by molar-refractivity contribution is 9.11. The van der Waals surface area contributed by atoms with Gasteiger partial charge in [0.15, 0.2) is 0 Å². The summed E-state index contributed by atoms with van der Waals surface area (Å²) in [5, 5.41) is 2.22. The van der Waals surface area contributed by atoms with Gasteiger partial charge in [0, 0.05) is 28.0 Å². The van der Waals surface area contributed by atoms with E-state index in [9.17, 15) is 0 Å². The molecule has 2 aliphatic rings. The van der Waals surface area contributed by atoms with Gasteiger partial charge in [0.1, 0.15) is 8.07 Å². The molecular formula is C42H32Br4Si. The lowest BCUT2D eigenvalue weighted by Gasteiger charge is -2.59. The number of hydrogen-bond acceptors (Lipinski definition) is 0. The summed E-state index contributed by atoms with van der Waals surface area (Å²) in [5.41, 5.74) is 11.1. The molecule has 0 atom stereocenters. The second kappa shape index (κ2) is 11.8. The number of benzene rings is 6. The highest BCUT2D eigenvalue weighted by Crippen LogP contribution is 2.65. The molecule has 0 saturated heterocycles. The molecule has 0 N–H and O–H groups in total. The molecule has 0 aromatic heterocycles. The molecule has 2 aliphatic carbocycles. The Morgan fingerprint density at radius 2 is 0.681 bits per heavy atom. The molecule has 0 nitrogen and oxygen atoms in total. The number of rotatable bonds is 6. The van der Waals surface area contributed by atoms with Crippen molar-refractivity contribution in [3.05, 3.63) is 174 Å². The van der Waals surface area contributed by atoms with Crippen molar-refractivity contribution in [3.8, 4) is 22.3 Å². The summed E-state index contributed by atoms with van der Waals surface area (Å²) in [4.78, 5) is 0. The quantitative estimate of drug-likeness (QED) is 0.146. The average molecular weight is 884 g/mol. The van der Waals surface area contributed by atoms with E-state index in [2.05, 4.69) is 211 Å². The molecule has 5 heteroatoms. The molecule has 0 radical (unpaired) electrons. The fraction of sp³-hybridized carbons (Fsp3) is 0.143. The minimum atomic E-state index is -3.16. The molecule has 8 rings (SSSR count). The van der Waals surface area contributed by atoms with E-state index in [1.807, 2.05) is 0 Å². The van der Waals surface area contributed by atoms with E-state index in [0.29, 0.717) is 0 Å². The Morgan fingerprint density at radius 1 is 0.404 bits per heavy atom. The Kier molecular flexibility index (Phi) is 7.96. The summed E-state index contributed by atoms with van der Waals surface area (Å²) in [7, 11) is -3.16. The first-order valence-electron chi connectivity index (χ1n) is 16.2. The molecule has 0 unspecified atom stereocenters. The first-order valence-corrected chi connectivity index (χ1v) is 21.3. The molecule has 232 valence electrons. The predicted molar refractivity (Wildman–Crippen MR) is 215 cm³/mol. The zero-order chi connectivity index (χ0) is 32.6. The van der Waals surface area contributed by atoms with Crippen molar-refractivity contribution in [2.75, 3.05) is 0 Å². The van der Waals surface area contributed by atoms with Crippen LogP contribution < -0.4 is 10.4 Å². The average Bonchev–Trinajstić information content (AvgIpc) is 3.52. The van der Waals surface area contributed by atoms with Crippen molar-refractivity contribution in [3.63, 3.8) is 0 Å². The van der Waals surface area contributed by atoms with Crippen molar-refractivity contribution in [2.24, 2.45) is 0 Å². The lowest BCUT2D eigenvalue weighted by molar-refractivity contribution is 0.597. The van der Waals surface area contributed by atoms with Crippen molar-refractivity contribution in [1.82, 2.24) is 0 Å². The zero-order valence-corrected chi connectivity index (χ0v) is 33.5. The van der Waals surface area contributed by atoms with Gasteiger partial charge in [0.05, 0.1) is 0 Å². The van der Waals surface area contributed by atoms with Crippen molar-refractivity contribution in [2.45, 2.75) is 36.8 Å². The minimum Gasteiger partial charge on any atom is -0.0645 e. The van der Waals surface area contributed by atoms with Gasteiger partial charge in [-0.3, -0.25) is 0 Å². The summed E-state index contributed by atoms with van der Waals surface area (Å²) in [6.45, 7) is 4.88. The molecule has 0 heterocycles. The molecule has 47 heavy (non-hydrogen) atoms. The summed E-state index contributed by atoms with van der Waals surface area (Å²) < 4.78 is 4.47. The third-order valence-corrected chi connectivity index (χ3v) is 19.8. The van der Waals surface area contributed by atoms with Crippen LogP contribution in [0.2, 0.25) is 0 Å². The van der Waals surface area contributed by atoms with E-state index in [1.54, 1.807) is 0 Å². The van der Waals surface area contributed by atoms with Crippen LogP contribution in [0.4, 0.5) is 0 Å². The third kappa shape index (κ3) is 4.19. The standard InChI is InChI=1S/C42H32Br4Si/c1-3-41(37-23-27(43)15-19-33(37)34-20-16-28(44)24-38(34)41)47(31-11-7-5-8-12-31,32-13-9-6-10-14-32)42(4-2)39-25-29(45)17-21-35(39)36-22-18-30(46)26-40(36)42/h5-26H,3-4H2,1-2H3. The maximum absolute atomic E-state index is 3.96. The Morgan fingerprint density at radius 3 is 0.936 bits per heavy atom. The molecular weight excluding hydrogens is 852 g/mol. The van der Waals surface area contributed by atoms with Gasteiger partial charge in [0.2, 0.25) is 0 Å². The largest absolute Gasteiger partial charge is 0.147 e. The first kappa shape index (κ1) is 31.7. The predicted octanol–water partition coefficient (Wildman–Crippen LogP) is 12.1. The topological polar surface area (TPSA) is 0 Å². The minimum absolute atomic E-state index is 0.340. The number of hydrogen-bond donors (Lipinski definition) is 0. The Hall–Kier alpha value is -2.54. The molecule has 0 fully saturated rings. The van der Waals surface area contributed by atoms with Crippen LogP contribution >= 0.6 is 63.7 Å². The van der Waals surface area contributed by atoms with Crippen LogP contribution in [0.15, 0.2) is 151 Å². The van der Waals surface area contributed by atoms with Gasteiger partial charge in [-0.2, -0.15) is 0 Å². The Labute approximate surface area is 312 Å². The van der Waals surface area contributed by atoms with Gasteiger partial charge >= 0.3 is 0 Å². The molecule has 0 bridgehead atoms. The second-order valence-electron chi connectivity index (χ2n) is 12.8. The summed E-state index contributed by atoms with van der Waals surface area (Å²) in [6, 6.07) is 51.3. The van der Waals surface area contributed by atoms with Gasteiger partial charge in [-0.15, -0.1) is 0 Å². The van der Waals surface area contributed by atoms with Crippen LogP contribution in [0.5, 0.6) is 0 Å². The van der Waals surface area contributed by atoms with E-state index in [1.165, 1.54) is 54.9 Å². The van der Waals surface area contributed by atoms with Gasteiger partial charge in [-0.1, -0.05) is 173 Å². The summed E-state index contributed by atoms with van der Waals surface area (Å²) in [5.74, 6) is 0. The Bertz CT molecular complexity index is 1910. The van der Waals surface area contributed by atoms with Gasteiger partial charge in [-0.05, 0) is 106 Å². The maximum atomic E-state index is 3.96. The lowest BCUT2D eigenvalue weighted by Crippen LogP contribution is -2.81. The highest BCUT2D eigenvalue weighted by Gasteiger charge is 2.71. The second-order valence-corrected chi connectivity index (χ2v) is 20.8. The van der Waals surface area contributed by atoms with Gasteiger partial charge in [0.25, 0.3) is 0 Å². The van der Waals surface area contributed by atoms with Gasteiger partial charge < -0.3 is 0 Å². The molecule has 6 aromatic rings. The highest BCUT2D eigenvalue weighted by atomic mass is 79.9.